The minimum absolute atomic E-state index is 0.506. The molecule has 0 heterocycles. The molecule has 1 aromatic rings. The molecule has 0 amide bonds. The molecule has 0 atom stereocenters. The smallest absolute Gasteiger partial charge is 0.273 e. The molecule has 10 heteroatoms. The van der Waals surface area contributed by atoms with E-state index in [0.717, 1.165) is 0 Å². The van der Waals surface area contributed by atoms with E-state index in [1.807, 2.05) is 0 Å². The Morgan fingerprint density at radius 1 is 1.26 bits per heavy atom. The Morgan fingerprint density at radius 3 is 2.16 bits per heavy atom. The molecule has 0 aliphatic heterocycles. The summed E-state index contributed by atoms with van der Waals surface area (Å²) in [5.41, 5.74) is 4.77. The SMILES string of the molecule is NCC(F)(F)CNS(=O)(=O)c1c(Cl)cc(F)cc1Cl. The lowest BCUT2D eigenvalue weighted by atomic mass is 10.3. The van der Waals surface area contributed by atoms with Gasteiger partial charge in [0, 0.05) is 0 Å². The summed E-state index contributed by atoms with van der Waals surface area (Å²) in [6, 6.07) is 1.42. The Labute approximate surface area is 117 Å². The Hall–Kier alpha value is -0.540. The molecule has 1 aromatic carbocycles. The summed E-state index contributed by atoms with van der Waals surface area (Å²) in [7, 11) is -4.40. The predicted molar refractivity (Wildman–Crippen MR) is 65.6 cm³/mol. The Kier molecular flexibility index (Phi) is 5.08. The van der Waals surface area contributed by atoms with E-state index in [1.165, 1.54) is 0 Å². The molecule has 0 aromatic heterocycles. The number of nitrogens with one attached hydrogen (secondary N) is 1. The second-order valence-corrected chi connectivity index (χ2v) is 6.10. The molecule has 0 spiro atoms. The van der Waals surface area contributed by atoms with Crippen molar-refractivity contribution >= 4 is 33.2 Å². The van der Waals surface area contributed by atoms with E-state index in [2.05, 4.69) is 0 Å². The van der Waals surface area contributed by atoms with Gasteiger partial charge >= 0.3 is 0 Å². The number of rotatable bonds is 5. The molecule has 0 fully saturated rings. The topological polar surface area (TPSA) is 72.2 Å². The molecule has 0 unspecified atom stereocenters. The molecule has 3 N–H and O–H groups in total. The molecule has 108 valence electrons. The van der Waals surface area contributed by atoms with Crippen LogP contribution in [-0.4, -0.2) is 27.4 Å². The van der Waals surface area contributed by atoms with Gasteiger partial charge in [-0.05, 0) is 12.1 Å². The number of nitrogens with two attached hydrogens (primary N) is 1. The predicted octanol–water partition coefficient (Wildman–Crippen LogP) is 2.00. The lowest BCUT2D eigenvalue weighted by molar-refractivity contribution is 0.0170. The minimum Gasteiger partial charge on any atom is -0.325 e. The third-order valence-electron chi connectivity index (χ3n) is 2.05. The number of sulfonamides is 1. The standard InChI is InChI=1S/C9H9Cl2F3N2O2S/c10-6-1-5(12)2-7(11)8(6)19(17,18)16-4-9(13,14)3-15/h1-2,16H,3-4,15H2. The van der Waals surface area contributed by atoms with Crippen LogP contribution in [0, 0.1) is 5.82 Å². The Bertz CT molecular complexity index is 558. The van der Waals surface area contributed by atoms with Crippen molar-refractivity contribution in [3.05, 3.63) is 28.0 Å². The van der Waals surface area contributed by atoms with Crippen LogP contribution in [0.3, 0.4) is 0 Å². The van der Waals surface area contributed by atoms with E-state index in [0.29, 0.717) is 12.1 Å². The van der Waals surface area contributed by atoms with Crippen LogP contribution < -0.4 is 10.5 Å². The normalized spacial score (nSPS) is 12.7. The van der Waals surface area contributed by atoms with Crippen molar-refractivity contribution in [3.8, 4) is 0 Å². The Morgan fingerprint density at radius 2 is 1.74 bits per heavy atom. The van der Waals surface area contributed by atoms with Crippen LogP contribution in [0.25, 0.3) is 0 Å². The van der Waals surface area contributed by atoms with E-state index in [4.69, 9.17) is 28.9 Å². The van der Waals surface area contributed by atoms with E-state index < -0.39 is 49.8 Å². The summed E-state index contributed by atoms with van der Waals surface area (Å²) >= 11 is 11.1. The molecule has 0 aliphatic rings. The van der Waals surface area contributed by atoms with Gasteiger partial charge in [0.25, 0.3) is 5.92 Å². The van der Waals surface area contributed by atoms with Gasteiger partial charge in [0.1, 0.15) is 10.7 Å². The zero-order valence-electron chi connectivity index (χ0n) is 9.26. The van der Waals surface area contributed by atoms with Crippen molar-refractivity contribution in [1.82, 2.24) is 4.72 Å². The lowest BCUT2D eigenvalue weighted by Crippen LogP contribution is -2.41. The molecule has 0 saturated heterocycles. The van der Waals surface area contributed by atoms with Crippen LogP contribution in [0.4, 0.5) is 13.2 Å². The summed E-state index contributed by atoms with van der Waals surface area (Å²) in [5.74, 6) is -4.26. The van der Waals surface area contributed by atoms with Gasteiger partial charge in [0.05, 0.1) is 23.1 Å². The number of benzene rings is 1. The van der Waals surface area contributed by atoms with E-state index in [9.17, 15) is 21.6 Å². The summed E-state index contributed by atoms with van der Waals surface area (Å²) in [6.07, 6.45) is 0. The monoisotopic (exact) mass is 336 g/mol. The van der Waals surface area contributed by atoms with Crippen molar-refractivity contribution in [2.45, 2.75) is 10.8 Å². The summed E-state index contributed by atoms with van der Waals surface area (Å²) in [4.78, 5) is -0.662. The number of halogens is 5. The highest BCUT2D eigenvalue weighted by Gasteiger charge is 2.31. The summed E-state index contributed by atoms with van der Waals surface area (Å²) in [6.45, 7) is -2.24. The molecular weight excluding hydrogens is 328 g/mol. The van der Waals surface area contributed by atoms with Crippen molar-refractivity contribution in [2.75, 3.05) is 13.1 Å². The van der Waals surface area contributed by atoms with Gasteiger partial charge in [-0.15, -0.1) is 0 Å². The molecule has 0 saturated carbocycles. The largest absolute Gasteiger partial charge is 0.325 e. The fourth-order valence-electron chi connectivity index (χ4n) is 1.13. The molecule has 0 bridgehead atoms. The molecule has 19 heavy (non-hydrogen) atoms. The summed E-state index contributed by atoms with van der Waals surface area (Å²) in [5, 5.41) is -1.01. The average molecular weight is 337 g/mol. The average Bonchev–Trinajstić information content (AvgIpc) is 2.25. The molecule has 4 nitrogen and oxygen atoms in total. The van der Waals surface area contributed by atoms with Crippen LogP contribution in [0.5, 0.6) is 0 Å². The van der Waals surface area contributed by atoms with Gasteiger partial charge in [-0.25, -0.2) is 26.3 Å². The number of hydrogen-bond donors (Lipinski definition) is 2. The highest BCUT2D eigenvalue weighted by molar-refractivity contribution is 7.89. The van der Waals surface area contributed by atoms with Crippen molar-refractivity contribution in [2.24, 2.45) is 5.73 Å². The number of hydrogen-bond acceptors (Lipinski definition) is 3. The maximum Gasteiger partial charge on any atom is 0.273 e. The van der Waals surface area contributed by atoms with Crippen molar-refractivity contribution in [3.63, 3.8) is 0 Å². The Balaban J connectivity index is 3.09. The van der Waals surface area contributed by atoms with E-state index in [-0.39, 0.29) is 0 Å². The second-order valence-electron chi connectivity index (χ2n) is 3.58. The van der Waals surface area contributed by atoms with Crippen LogP contribution in [-0.2, 0) is 10.0 Å². The van der Waals surface area contributed by atoms with Crippen LogP contribution >= 0.6 is 23.2 Å². The van der Waals surface area contributed by atoms with Crippen LogP contribution in [0.1, 0.15) is 0 Å². The van der Waals surface area contributed by atoms with E-state index in [1.54, 1.807) is 4.72 Å². The van der Waals surface area contributed by atoms with Crippen LogP contribution in [0.15, 0.2) is 17.0 Å². The zero-order chi connectivity index (χ0) is 14.8. The van der Waals surface area contributed by atoms with Gasteiger partial charge in [-0.1, -0.05) is 23.2 Å². The maximum absolute atomic E-state index is 12.9. The van der Waals surface area contributed by atoms with Gasteiger partial charge < -0.3 is 5.73 Å². The minimum atomic E-state index is -4.40. The summed E-state index contributed by atoms with van der Waals surface area (Å²) < 4.78 is 63.8. The van der Waals surface area contributed by atoms with Gasteiger partial charge in [0.15, 0.2) is 0 Å². The third kappa shape index (κ3) is 4.22. The molecule has 0 aliphatic carbocycles. The number of alkyl halides is 2. The quantitative estimate of drug-likeness (QED) is 0.863. The first-order chi connectivity index (χ1) is 8.59. The highest BCUT2D eigenvalue weighted by atomic mass is 35.5. The van der Waals surface area contributed by atoms with Gasteiger partial charge in [0.2, 0.25) is 10.0 Å². The van der Waals surface area contributed by atoms with Crippen LogP contribution in [0.2, 0.25) is 10.0 Å². The van der Waals surface area contributed by atoms with Gasteiger partial charge in [-0.3, -0.25) is 0 Å². The zero-order valence-corrected chi connectivity index (χ0v) is 11.6. The fourth-order valence-corrected chi connectivity index (χ4v) is 3.38. The van der Waals surface area contributed by atoms with Crippen molar-refractivity contribution in [1.29, 1.82) is 0 Å². The lowest BCUT2D eigenvalue weighted by Gasteiger charge is -2.15. The highest BCUT2D eigenvalue weighted by Crippen LogP contribution is 2.30. The first-order valence-corrected chi connectivity index (χ1v) is 7.05. The third-order valence-corrected chi connectivity index (χ3v) is 4.37. The second kappa shape index (κ2) is 5.84. The first kappa shape index (κ1) is 16.5. The van der Waals surface area contributed by atoms with E-state index >= 15 is 0 Å². The molecule has 1 rings (SSSR count). The first-order valence-electron chi connectivity index (χ1n) is 4.81. The van der Waals surface area contributed by atoms with Crippen molar-refractivity contribution < 1.29 is 21.6 Å². The molecule has 0 radical (unpaired) electrons. The molecular formula is C9H9Cl2F3N2O2S. The fraction of sp³-hybridized carbons (Fsp3) is 0.333. The van der Waals surface area contributed by atoms with Gasteiger partial charge in [-0.2, -0.15) is 0 Å². The maximum atomic E-state index is 12.9.